The molecule has 2 aliphatic rings. The van der Waals surface area contributed by atoms with Gasteiger partial charge in [-0.05, 0) is 52.1 Å². The first-order valence-electron chi connectivity index (χ1n) is 5.67. The maximum absolute atomic E-state index is 3.39. The van der Waals surface area contributed by atoms with E-state index in [1.807, 2.05) is 0 Å². The zero-order valence-corrected chi connectivity index (χ0v) is 8.92. The van der Waals surface area contributed by atoms with Crippen molar-refractivity contribution in [1.82, 2.24) is 10.2 Å². The quantitative estimate of drug-likeness (QED) is 0.708. The summed E-state index contributed by atoms with van der Waals surface area (Å²) in [7, 11) is 4.40. The highest BCUT2D eigenvalue weighted by molar-refractivity contribution is 4.87. The minimum atomic E-state index is 0.784. The first kappa shape index (κ1) is 9.47. The second-order valence-electron chi connectivity index (χ2n) is 4.84. The maximum atomic E-state index is 3.39. The van der Waals surface area contributed by atoms with Crippen LogP contribution in [0.4, 0.5) is 0 Å². The summed E-state index contributed by atoms with van der Waals surface area (Å²) in [6.07, 6.45) is 7.09. The molecule has 13 heavy (non-hydrogen) atoms. The van der Waals surface area contributed by atoms with E-state index in [1.165, 1.54) is 38.6 Å². The molecule has 2 fully saturated rings. The van der Waals surface area contributed by atoms with Gasteiger partial charge in [0.15, 0.2) is 0 Å². The Kier molecular flexibility index (Phi) is 2.89. The van der Waals surface area contributed by atoms with E-state index in [9.17, 15) is 0 Å². The van der Waals surface area contributed by atoms with Gasteiger partial charge in [0.1, 0.15) is 0 Å². The molecule has 0 aliphatic heterocycles. The van der Waals surface area contributed by atoms with Crippen LogP contribution >= 0.6 is 0 Å². The molecule has 0 radical (unpaired) electrons. The van der Waals surface area contributed by atoms with E-state index in [1.54, 1.807) is 0 Å². The SMILES string of the molecule is CNC1CCC(N(C)CC2CC2)C1. The molecule has 2 saturated carbocycles. The third-order valence-corrected chi connectivity index (χ3v) is 3.68. The first-order chi connectivity index (χ1) is 6.29. The lowest BCUT2D eigenvalue weighted by atomic mass is 10.2. The Morgan fingerprint density at radius 2 is 2.00 bits per heavy atom. The van der Waals surface area contributed by atoms with E-state index in [0.717, 1.165) is 18.0 Å². The molecule has 2 atom stereocenters. The van der Waals surface area contributed by atoms with Crippen molar-refractivity contribution in [2.24, 2.45) is 5.92 Å². The van der Waals surface area contributed by atoms with Crippen molar-refractivity contribution in [3.63, 3.8) is 0 Å². The summed E-state index contributed by atoms with van der Waals surface area (Å²) in [5.74, 6) is 1.04. The zero-order chi connectivity index (χ0) is 9.26. The van der Waals surface area contributed by atoms with E-state index in [0.29, 0.717) is 0 Å². The zero-order valence-electron chi connectivity index (χ0n) is 8.92. The Labute approximate surface area is 81.7 Å². The van der Waals surface area contributed by atoms with Crippen molar-refractivity contribution in [3.05, 3.63) is 0 Å². The number of rotatable bonds is 4. The van der Waals surface area contributed by atoms with Crippen molar-refractivity contribution in [1.29, 1.82) is 0 Å². The number of nitrogens with one attached hydrogen (secondary N) is 1. The monoisotopic (exact) mass is 182 g/mol. The summed E-state index contributed by atoms with van der Waals surface area (Å²) in [5.41, 5.74) is 0. The second kappa shape index (κ2) is 3.97. The van der Waals surface area contributed by atoms with Crippen molar-refractivity contribution < 1.29 is 0 Å². The van der Waals surface area contributed by atoms with Gasteiger partial charge in [-0.2, -0.15) is 0 Å². The predicted molar refractivity (Wildman–Crippen MR) is 55.8 cm³/mol. The molecule has 2 heteroatoms. The lowest BCUT2D eigenvalue weighted by Crippen LogP contribution is -2.33. The van der Waals surface area contributed by atoms with Crippen LogP contribution in [-0.2, 0) is 0 Å². The third kappa shape index (κ3) is 2.44. The molecule has 0 bridgehead atoms. The Balaban J connectivity index is 1.73. The molecule has 1 N–H and O–H groups in total. The Morgan fingerprint density at radius 3 is 2.54 bits per heavy atom. The van der Waals surface area contributed by atoms with Crippen LogP contribution < -0.4 is 5.32 Å². The van der Waals surface area contributed by atoms with E-state index >= 15 is 0 Å². The van der Waals surface area contributed by atoms with Crippen LogP contribution in [0.2, 0.25) is 0 Å². The van der Waals surface area contributed by atoms with Crippen LogP contribution in [0.25, 0.3) is 0 Å². The highest BCUT2D eigenvalue weighted by atomic mass is 15.1. The molecule has 76 valence electrons. The van der Waals surface area contributed by atoms with Crippen LogP contribution in [0.1, 0.15) is 32.1 Å². The average molecular weight is 182 g/mol. The maximum Gasteiger partial charge on any atom is 0.0108 e. The fourth-order valence-corrected chi connectivity index (χ4v) is 2.48. The van der Waals surface area contributed by atoms with Crippen molar-refractivity contribution in [3.8, 4) is 0 Å². The first-order valence-corrected chi connectivity index (χ1v) is 5.67. The minimum Gasteiger partial charge on any atom is -0.317 e. The fourth-order valence-electron chi connectivity index (χ4n) is 2.48. The minimum absolute atomic E-state index is 0.784. The molecule has 2 nitrogen and oxygen atoms in total. The molecule has 0 aromatic carbocycles. The molecule has 2 unspecified atom stereocenters. The van der Waals surface area contributed by atoms with Crippen LogP contribution in [0.3, 0.4) is 0 Å². The predicted octanol–water partition coefficient (Wildman–Crippen LogP) is 1.47. The fraction of sp³-hybridized carbons (Fsp3) is 1.00. The smallest absolute Gasteiger partial charge is 0.0108 e. The van der Waals surface area contributed by atoms with Gasteiger partial charge in [0.05, 0.1) is 0 Å². The summed E-state index contributed by atoms with van der Waals surface area (Å²) in [5, 5.41) is 3.39. The Hall–Kier alpha value is -0.0800. The summed E-state index contributed by atoms with van der Waals surface area (Å²) in [6.45, 7) is 1.35. The van der Waals surface area contributed by atoms with Gasteiger partial charge in [0.2, 0.25) is 0 Å². The van der Waals surface area contributed by atoms with Gasteiger partial charge in [-0.3, -0.25) is 0 Å². The lowest BCUT2D eigenvalue weighted by Gasteiger charge is -2.24. The Morgan fingerprint density at radius 1 is 1.23 bits per heavy atom. The lowest BCUT2D eigenvalue weighted by molar-refractivity contribution is 0.233. The van der Waals surface area contributed by atoms with Crippen LogP contribution in [0.15, 0.2) is 0 Å². The average Bonchev–Trinajstić information content (AvgIpc) is 2.82. The van der Waals surface area contributed by atoms with Crippen molar-refractivity contribution in [2.75, 3.05) is 20.6 Å². The molecule has 2 rings (SSSR count). The normalized spacial score (nSPS) is 34.4. The van der Waals surface area contributed by atoms with Crippen LogP contribution in [-0.4, -0.2) is 37.6 Å². The summed E-state index contributed by atoms with van der Waals surface area (Å²) >= 11 is 0. The molecule has 0 heterocycles. The number of hydrogen-bond acceptors (Lipinski definition) is 2. The van der Waals surface area contributed by atoms with Gasteiger partial charge >= 0.3 is 0 Å². The van der Waals surface area contributed by atoms with Gasteiger partial charge in [-0.25, -0.2) is 0 Å². The molecule has 0 amide bonds. The van der Waals surface area contributed by atoms with Gasteiger partial charge in [-0.1, -0.05) is 0 Å². The van der Waals surface area contributed by atoms with Gasteiger partial charge in [-0.15, -0.1) is 0 Å². The summed E-state index contributed by atoms with van der Waals surface area (Å²) in [4.78, 5) is 2.59. The highest BCUT2D eigenvalue weighted by Gasteiger charge is 2.30. The van der Waals surface area contributed by atoms with Gasteiger partial charge in [0.25, 0.3) is 0 Å². The molecule has 0 spiro atoms. The van der Waals surface area contributed by atoms with E-state index < -0.39 is 0 Å². The van der Waals surface area contributed by atoms with Crippen molar-refractivity contribution in [2.45, 2.75) is 44.2 Å². The molecule has 0 aromatic heterocycles. The van der Waals surface area contributed by atoms with E-state index in [4.69, 9.17) is 0 Å². The molecule has 0 saturated heterocycles. The topological polar surface area (TPSA) is 15.3 Å². The molecule has 2 aliphatic carbocycles. The van der Waals surface area contributed by atoms with Crippen LogP contribution in [0.5, 0.6) is 0 Å². The molecular weight excluding hydrogens is 160 g/mol. The van der Waals surface area contributed by atoms with E-state index in [-0.39, 0.29) is 0 Å². The number of nitrogens with zero attached hydrogens (tertiary/aromatic N) is 1. The van der Waals surface area contributed by atoms with Crippen molar-refractivity contribution >= 4 is 0 Å². The summed E-state index contributed by atoms with van der Waals surface area (Å²) < 4.78 is 0. The largest absolute Gasteiger partial charge is 0.317 e. The van der Waals surface area contributed by atoms with Crippen LogP contribution in [0, 0.1) is 5.92 Å². The van der Waals surface area contributed by atoms with Gasteiger partial charge in [0, 0.05) is 18.6 Å². The third-order valence-electron chi connectivity index (χ3n) is 3.68. The standard InChI is InChI=1S/C11H22N2/c1-12-10-5-6-11(7-10)13(2)8-9-3-4-9/h9-12H,3-8H2,1-2H3. The van der Waals surface area contributed by atoms with E-state index in [2.05, 4.69) is 24.3 Å². The molecular formula is C11H22N2. The van der Waals surface area contributed by atoms with Gasteiger partial charge < -0.3 is 10.2 Å². The Bertz CT molecular complexity index is 165. The second-order valence-corrected chi connectivity index (χ2v) is 4.84. The highest BCUT2D eigenvalue weighted by Crippen LogP contribution is 2.32. The summed E-state index contributed by atoms with van der Waals surface area (Å²) in [6, 6.07) is 1.64. The molecule has 0 aromatic rings. The number of hydrogen-bond donors (Lipinski definition) is 1.